The number of nitrogens with one attached hydrogen (secondary N) is 1. The van der Waals surface area contributed by atoms with Gasteiger partial charge in [0.15, 0.2) is 0 Å². The molecular weight excluding hydrogens is 274 g/mol. The molecule has 0 radical (unpaired) electrons. The molecule has 1 fully saturated rings. The molecule has 7 heteroatoms. The number of non-ortho nitro benzene ring substituents is 1. The maximum atomic E-state index is 11.0. The second-order valence-corrected chi connectivity index (χ2v) is 5.14. The number of anilines is 1. The molecule has 21 heavy (non-hydrogen) atoms. The molecular formula is C14H15N3O4. The van der Waals surface area contributed by atoms with Crippen molar-refractivity contribution in [2.24, 2.45) is 5.92 Å². The van der Waals surface area contributed by atoms with E-state index in [1.165, 1.54) is 18.2 Å². The minimum Gasteiger partial charge on any atom is -0.481 e. The predicted molar refractivity (Wildman–Crippen MR) is 74.8 cm³/mol. The standard InChI is InChI=1S/C14H15N3O4/c15-8-10-7-12(17(20)21)4-5-13(10)16-11-3-1-2-9(6-11)14(18)19/h4-5,7,9,11,16H,1-3,6H2,(H,18,19). The van der Waals surface area contributed by atoms with Gasteiger partial charge in [0.1, 0.15) is 6.07 Å². The average Bonchev–Trinajstić information content (AvgIpc) is 2.47. The average molecular weight is 289 g/mol. The second kappa shape index (κ2) is 6.22. The van der Waals surface area contributed by atoms with Gasteiger partial charge in [0.05, 0.1) is 22.1 Å². The largest absolute Gasteiger partial charge is 0.481 e. The number of hydrogen-bond donors (Lipinski definition) is 2. The SMILES string of the molecule is N#Cc1cc([N+](=O)[O-])ccc1NC1CCCC(C(=O)O)C1. The van der Waals surface area contributed by atoms with E-state index in [1.807, 2.05) is 6.07 Å². The molecule has 110 valence electrons. The molecule has 1 saturated carbocycles. The summed E-state index contributed by atoms with van der Waals surface area (Å²) in [5.41, 5.74) is 0.574. The molecule has 1 aliphatic rings. The van der Waals surface area contributed by atoms with Crippen molar-refractivity contribution in [2.45, 2.75) is 31.7 Å². The Hall–Kier alpha value is -2.62. The van der Waals surface area contributed by atoms with Gasteiger partial charge in [-0.2, -0.15) is 5.26 Å². The Bertz CT molecular complexity index is 609. The number of nitriles is 1. The molecule has 2 rings (SSSR count). The van der Waals surface area contributed by atoms with Gasteiger partial charge in [-0.05, 0) is 25.3 Å². The first-order valence-electron chi connectivity index (χ1n) is 6.69. The Labute approximate surface area is 121 Å². The molecule has 0 aliphatic heterocycles. The number of hydrogen-bond acceptors (Lipinski definition) is 5. The minimum absolute atomic E-state index is 0.0339. The highest BCUT2D eigenvalue weighted by molar-refractivity contribution is 5.70. The van der Waals surface area contributed by atoms with Crippen molar-refractivity contribution >= 4 is 17.3 Å². The molecule has 0 aromatic heterocycles. The number of benzene rings is 1. The summed E-state index contributed by atoms with van der Waals surface area (Å²) < 4.78 is 0. The summed E-state index contributed by atoms with van der Waals surface area (Å²) in [4.78, 5) is 21.2. The van der Waals surface area contributed by atoms with Crippen LogP contribution < -0.4 is 5.32 Å². The first-order chi connectivity index (χ1) is 10.0. The van der Waals surface area contributed by atoms with Crippen LogP contribution in [0.4, 0.5) is 11.4 Å². The number of aliphatic carboxylic acids is 1. The Morgan fingerprint density at radius 2 is 2.24 bits per heavy atom. The van der Waals surface area contributed by atoms with Gasteiger partial charge in [-0.25, -0.2) is 0 Å². The lowest BCUT2D eigenvalue weighted by Crippen LogP contribution is -2.31. The number of carbonyl (C=O) groups is 1. The molecule has 2 N–H and O–H groups in total. The lowest BCUT2D eigenvalue weighted by Gasteiger charge is -2.28. The zero-order valence-electron chi connectivity index (χ0n) is 11.3. The number of nitro benzene ring substituents is 1. The second-order valence-electron chi connectivity index (χ2n) is 5.14. The molecule has 1 aromatic carbocycles. The molecule has 7 nitrogen and oxygen atoms in total. The maximum Gasteiger partial charge on any atom is 0.306 e. The number of rotatable bonds is 4. The van der Waals surface area contributed by atoms with Crippen molar-refractivity contribution < 1.29 is 14.8 Å². The maximum absolute atomic E-state index is 11.0. The number of carboxylic acids is 1. The van der Waals surface area contributed by atoms with E-state index in [4.69, 9.17) is 10.4 Å². The molecule has 1 aromatic rings. The van der Waals surface area contributed by atoms with Gasteiger partial charge in [0.25, 0.3) is 5.69 Å². The Morgan fingerprint density at radius 3 is 2.86 bits per heavy atom. The van der Waals surface area contributed by atoms with Crippen LogP contribution in [0.1, 0.15) is 31.2 Å². The van der Waals surface area contributed by atoms with Crippen molar-refractivity contribution in [1.29, 1.82) is 5.26 Å². The molecule has 2 atom stereocenters. The summed E-state index contributed by atoms with van der Waals surface area (Å²) in [6, 6.07) is 5.95. The van der Waals surface area contributed by atoms with Crippen LogP contribution in [0, 0.1) is 27.4 Å². The van der Waals surface area contributed by atoms with E-state index in [2.05, 4.69) is 5.32 Å². The highest BCUT2D eigenvalue weighted by atomic mass is 16.6. The van der Waals surface area contributed by atoms with Crippen LogP contribution >= 0.6 is 0 Å². The molecule has 1 aliphatic carbocycles. The van der Waals surface area contributed by atoms with Crippen molar-refractivity contribution in [2.75, 3.05) is 5.32 Å². The quantitative estimate of drug-likeness (QED) is 0.649. The number of nitrogens with zero attached hydrogens (tertiary/aromatic N) is 2. The lowest BCUT2D eigenvalue weighted by atomic mass is 9.85. The van der Waals surface area contributed by atoms with Gasteiger partial charge >= 0.3 is 5.97 Å². The number of carboxylic acid groups (broad SMARTS) is 1. The Kier molecular flexibility index (Phi) is 4.38. The molecule has 0 amide bonds. The molecule has 0 heterocycles. The van der Waals surface area contributed by atoms with E-state index in [9.17, 15) is 14.9 Å². The molecule has 2 unspecified atom stereocenters. The van der Waals surface area contributed by atoms with Gasteiger partial charge in [-0.1, -0.05) is 6.42 Å². The van der Waals surface area contributed by atoms with E-state index in [0.29, 0.717) is 18.5 Å². The van der Waals surface area contributed by atoms with Gasteiger partial charge in [-0.3, -0.25) is 14.9 Å². The topological polar surface area (TPSA) is 116 Å². The van der Waals surface area contributed by atoms with E-state index in [0.717, 1.165) is 12.8 Å². The van der Waals surface area contributed by atoms with Crippen LogP contribution in [-0.4, -0.2) is 22.0 Å². The zero-order chi connectivity index (χ0) is 15.4. The van der Waals surface area contributed by atoms with E-state index >= 15 is 0 Å². The minimum atomic E-state index is -0.800. The Morgan fingerprint density at radius 1 is 1.48 bits per heavy atom. The van der Waals surface area contributed by atoms with Crippen LogP contribution in [0.3, 0.4) is 0 Å². The third kappa shape index (κ3) is 3.48. The molecule has 0 saturated heterocycles. The Balaban J connectivity index is 2.14. The van der Waals surface area contributed by atoms with Gasteiger partial charge in [0, 0.05) is 18.2 Å². The zero-order valence-corrected chi connectivity index (χ0v) is 11.3. The summed E-state index contributed by atoms with van der Waals surface area (Å²) in [7, 11) is 0. The molecule has 0 spiro atoms. The first-order valence-corrected chi connectivity index (χ1v) is 6.69. The number of nitro groups is 1. The third-order valence-corrected chi connectivity index (χ3v) is 3.72. The van der Waals surface area contributed by atoms with Crippen LogP contribution in [0.5, 0.6) is 0 Å². The molecule has 0 bridgehead atoms. The summed E-state index contributed by atoms with van der Waals surface area (Å²) in [6.45, 7) is 0. The van der Waals surface area contributed by atoms with Crippen LogP contribution in [0.2, 0.25) is 0 Å². The first kappa shape index (κ1) is 14.8. The van der Waals surface area contributed by atoms with E-state index in [1.54, 1.807) is 0 Å². The summed E-state index contributed by atoms with van der Waals surface area (Å²) >= 11 is 0. The van der Waals surface area contributed by atoms with E-state index < -0.39 is 10.9 Å². The fourth-order valence-electron chi connectivity index (χ4n) is 2.63. The fraction of sp³-hybridized carbons (Fsp3) is 0.429. The van der Waals surface area contributed by atoms with Crippen LogP contribution in [0.15, 0.2) is 18.2 Å². The monoisotopic (exact) mass is 289 g/mol. The van der Waals surface area contributed by atoms with Crippen LogP contribution in [-0.2, 0) is 4.79 Å². The van der Waals surface area contributed by atoms with Gasteiger partial charge < -0.3 is 10.4 Å². The van der Waals surface area contributed by atoms with E-state index in [-0.39, 0.29) is 23.2 Å². The van der Waals surface area contributed by atoms with Gasteiger partial charge in [-0.15, -0.1) is 0 Å². The smallest absolute Gasteiger partial charge is 0.306 e. The van der Waals surface area contributed by atoms with Gasteiger partial charge in [0.2, 0.25) is 0 Å². The normalized spacial score (nSPS) is 21.3. The fourth-order valence-corrected chi connectivity index (χ4v) is 2.63. The van der Waals surface area contributed by atoms with Crippen molar-refractivity contribution in [3.8, 4) is 6.07 Å². The highest BCUT2D eigenvalue weighted by Crippen LogP contribution is 2.29. The lowest BCUT2D eigenvalue weighted by molar-refractivity contribution is -0.384. The van der Waals surface area contributed by atoms with Crippen molar-refractivity contribution in [3.63, 3.8) is 0 Å². The van der Waals surface area contributed by atoms with Crippen molar-refractivity contribution in [3.05, 3.63) is 33.9 Å². The summed E-state index contributed by atoms with van der Waals surface area (Å²) in [5, 5.41) is 32.0. The third-order valence-electron chi connectivity index (χ3n) is 3.72. The van der Waals surface area contributed by atoms with Crippen molar-refractivity contribution in [1.82, 2.24) is 0 Å². The summed E-state index contributed by atoms with van der Waals surface area (Å²) in [6.07, 6.45) is 2.80. The summed E-state index contributed by atoms with van der Waals surface area (Å²) in [5.74, 6) is -1.18. The highest BCUT2D eigenvalue weighted by Gasteiger charge is 2.27. The van der Waals surface area contributed by atoms with Crippen LogP contribution in [0.25, 0.3) is 0 Å². The predicted octanol–water partition coefficient (Wildman–Crippen LogP) is 2.52.